The van der Waals surface area contributed by atoms with Gasteiger partial charge in [0.25, 0.3) is 0 Å². The minimum atomic E-state index is 0.135. The molecule has 0 amide bonds. The van der Waals surface area contributed by atoms with Crippen LogP contribution in [0.3, 0.4) is 0 Å². The van der Waals surface area contributed by atoms with Crippen molar-refractivity contribution in [3.8, 4) is 0 Å². The SMILES string of the molecule is CC(C)CCN(c1ccc(CO)cc1)C1CC1. The number of benzene rings is 1. The van der Waals surface area contributed by atoms with Crippen LogP contribution in [0.1, 0.15) is 38.7 Å². The third-order valence-electron chi connectivity index (χ3n) is 3.39. The molecule has 1 aliphatic carbocycles. The first-order valence-corrected chi connectivity index (χ1v) is 6.67. The van der Waals surface area contributed by atoms with Gasteiger partial charge in [-0.05, 0) is 42.9 Å². The van der Waals surface area contributed by atoms with Gasteiger partial charge in [0.1, 0.15) is 0 Å². The van der Waals surface area contributed by atoms with Crippen molar-refractivity contribution in [3.05, 3.63) is 29.8 Å². The number of anilines is 1. The highest BCUT2D eigenvalue weighted by Gasteiger charge is 2.28. The Morgan fingerprint density at radius 2 is 1.88 bits per heavy atom. The summed E-state index contributed by atoms with van der Waals surface area (Å²) in [5, 5.41) is 9.05. The van der Waals surface area contributed by atoms with Gasteiger partial charge in [-0.15, -0.1) is 0 Å². The molecule has 1 fully saturated rings. The molecule has 0 spiro atoms. The van der Waals surface area contributed by atoms with Crippen molar-refractivity contribution in [2.24, 2.45) is 5.92 Å². The minimum absolute atomic E-state index is 0.135. The summed E-state index contributed by atoms with van der Waals surface area (Å²) < 4.78 is 0. The first-order chi connectivity index (χ1) is 8.20. The number of aliphatic hydroxyl groups excluding tert-OH is 1. The molecule has 94 valence electrons. The van der Waals surface area contributed by atoms with Gasteiger partial charge in [0.2, 0.25) is 0 Å². The molecule has 2 nitrogen and oxygen atoms in total. The summed E-state index contributed by atoms with van der Waals surface area (Å²) >= 11 is 0. The van der Waals surface area contributed by atoms with Crippen molar-refractivity contribution in [2.45, 2.75) is 45.8 Å². The van der Waals surface area contributed by atoms with Crippen LogP contribution in [0.25, 0.3) is 0 Å². The third-order valence-corrected chi connectivity index (χ3v) is 3.39. The van der Waals surface area contributed by atoms with E-state index < -0.39 is 0 Å². The molecular formula is C15H23NO. The summed E-state index contributed by atoms with van der Waals surface area (Å²) in [4.78, 5) is 2.53. The van der Waals surface area contributed by atoms with Crippen LogP contribution in [0, 0.1) is 5.92 Å². The van der Waals surface area contributed by atoms with Crippen molar-refractivity contribution in [1.82, 2.24) is 0 Å². The van der Waals surface area contributed by atoms with Gasteiger partial charge in [0.05, 0.1) is 6.61 Å². The Labute approximate surface area is 104 Å². The van der Waals surface area contributed by atoms with E-state index in [9.17, 15) is 0 Å². The monoisotopic (exact) mass is 233 g/mol. The largest absolute Gasteiger partial charge is 0.392 e. The first-order valence-electron chi connectivity index (χ1n) is 6.67. The van der Waals surface area contributed by atoms with Crippen LogP contribution in [0.4, 0.5) is 5.69 Å². The van der Waals surface area contributed by atoms with Crippen molar-refractivity contribution in [3.63, 3.8) is 0 Å². The summed E-state index contributed by atoms with van der Waals surface area (Å²) in [6, 6.07) is 9.10. The Kier molecular flexibility index (Phi) is 4.06. The number of hydrogen-bond donors (Lipinski definition) is 1. The van der Waals surface area contributed by atoms with Crippen LogP contribution in [0.15, 0.2) is 24.3 Å². The molecule has 2 heteroatoms. The summed E-state index contributed by atoms with van der Waals surface area (Å²) in [7, 11) is 0. The van der Waals surface area contributed by atoms with Crippen molar-refractivity contribution >= 4 is 5.69 Å². The van der Waals surface area contributed by atoms with Gasteiger partial charge in [-0.3, -0.25) is 0 Å². The Morgan fingerprint density at radius 1 is 1.24 bits per heavy atom. The van der Waals surface area contributed by atoms with E-state index in [2.05, 4.69) is 30.9 Å². The van der Waals surface area contributed by atoms with Crippen molar-refractivity contribution < 1.29 is 5.11 Å². The van der Waals surface area contributed by atoms with Gasteiger partial charge < -0.3 is 10.0 Å². The molecule has 1 aromatic carbocycles. The van der Waals surface area contributed by atoms with Crippen LogP contribution in [0.2, 0.25) is 0 Å². The molecule has 0 saturated heterocycles. The van der Waals surface area contributed by atoms with E-state index in [1.165, 1.54) is 24.9 Å². The highest BCUT2D eigenvalue weighted by Crippen LogP contribution is 2.32. The molecule has 17 heavy (non-hydrogen) atoms. The fourth-order valence-electron chi connectivity index (χ4n) is 2.10. The second kappa shape index (κ2) is 5.54. The van der Waals surface area contributed by atoms with E-state index in [1.807, 2.05) is 12.1 Å². The Balaban J connectivity index is 2.03. The van der Waals surface area contributed by atoms with E-state index in [0.717, 1.165) is 24.1 Å². The van der Waals surface area contributed by atoms with Gasteiger partial charge in [0.15, 0.2) is 0 Å². The number of rotatable bonds is 6. The van der Waals surface area contributed by atoms with E-state index in [-0.39, 0.29) is 6.61 Å². The van der Waals surface area contributed by atoms with Crippen LogP contribution in [0.5, 0.6) is 0 Å². The van der Waals surface area contributed by atoms with E-state index in [4.69, 9.17) is 5.11 Å². The number of hydrogen-bond acceptors (Lipinski definition) is 2. The molecule has 0 bridgehead atoms. The Bertz CT molecular complexity index is 340. The Hall–Kier alpha value is -1.02. The smallest absolute Gasteiger partial charge is 0.0681 e. The first kappa shape index (κ1) is 12.4. The zero-order chi connectivity index (χ0) is 12.3. The van der Waals surface area contributed by atoms with E-state index >= 15 is 0 Å². The third kappa shape index (κ3) is 3.47. The highest BCUT2D eigenvalue weighted by atomic mass is 16.3. The van der Waals surface area contributed by atoms with Gasteiger partial charge >= 0.3 is 0 Å². The maximum absolute atomic E-state index is 9.05. The molecule has 0 radical (unpaired) electrons. The average molecular weight is 233 g/mol. The molecule has 1 N–H and O–H groups in total. The molecule has 0 unspecified atom stereocenters. The topological polar surface area (TPSA) is 23.5 Å². The molecule has 1 saturated carbocycles. The lowest BCUT2D eigenvalue weighted by Crippen LogP contribution is -2.27. The van der Waals surface area contributed by atoms with Crippen LogP contribution in [-0.4, -0.2) is 17.7 Å². The lowest BCUT2D eigenvalue weighted by Gasteiger charge is -2.25. The zero-order valence-corrected chi connectivity index (χ0v) is 10.9. The molecule has 0 aliphatic heterocycles. The second-order valence-corrected chi connectivity index (χ2v) is 5.43. The average Bonchev–Trinajstić information content (AvgIpc) is 3.14. The molecule has 0 heterocycles. The lowest BCUT2D eigenvalue weighted by molar-refractivity contribution is 0.282. The molecule has 1 aliphatic rings. The summed E-state index contributed by atoms with van der Waals surface area (Å²) in [5.41, 5.74) is 2.30. The fourth-order valence-corrected chi connectivity index (χ4v) is 2.10. The van der Waals surface area contributed by atoms with Crippen LogP contribution < -0.4 is 4.90 Å². The standard InChI is InChI=1S/C15H23NO/c1-12(2)9-10-16(15-7-8-15)14-5-3-13(11-17)4-6-14/h3-6,12,15,17H,7-11H2,1-2H3. The van der Waals surface area contributed by atoms with Crippen molar-refractivity contribution in [2.75, 3.05) is 11.4 Å². The quantitative estimate of drug-likeness (QED) is 0.815. The summed E-state index contributed by atoms with van der Waals surface area (Å²) in [5.74, 6) is 0.757. The normalized spacial score (nSPS) is 15.3. The van der Waals surface area contributed by atoms with Crippen molar-refractivity contribution in [1.29, 1.82) is 0 Å². The molecular weight excluding hydrogens is 210 g/mol. The van der Waals surface area contributed by atoms with Gasteiger partial charge in [-0.2, -0.15) is 0 Å². The molecule has 0 aromatic heterocycles. The fraction of sp³-hybridized carbons (Fsp3) is 0.600. The minimum Gasteiger partial charge on any atom is -0.392 e. The zero-order valence-electron chi connectivity index (χ0n) is 10.9. The summed E-state index contributed by atoms with van der Waals surface area (Å²) in [6.07, 6.45) is 3.91. The van der Waals surface area contributed by atoms with Gasteiger partial charge in [0, 0.05) is 18.3 Å². The maximum atomic E-state index is 9.05. The maximum Gasteiger partial charge on any atom is 0.0681 e. The predicted octanol–water partition coefficient (Wildman–Crippen LogP) is 3.19. The lowest BCUT2D eigenvalue weighted by atomic mass is 10.1. The van der Waals surface area contributed by atoms with Crippen LogP contribution in [-0.2, 0) is 6.61 Å². The highest BCUT2D eigenvalue weighted by molar-refractivity contribution is 5.49. The summed E-state index contributed by atoms with van der Waals surface area (Å²) in [6.45, 7) is 5.84. The predicted molar refractivity (Wildman–Crippen MR) is 72.2 cm³/mol. The molecule has 1 aromatic rings. The molecule has 0 atom stereocenters. The second-order valence-electron chi connectivity index (χ2n) is 5.43. The number of nitrogens with zero attached hydrogens (tertiary/aromatic N) is 1. The van der Waals surface area contributed by atoms with E-state index in [1.54, 1.807) is 0 Å². The number of aliphatic hydroxyl groups is 1. The molecule has 2 rings (SSSR count). The van der Waals surface area contributed by atoms with Gasteiger partial charge in [-0.25, -0.2) is 0 Å². The van der Waals surface area contributed by atoms with Crippen LogP contribution >= 0.6 is 0 Å². The van der Waals surface area contributed by atoms with Gasteiger partial charge in [-0.1, -0.05) is 26.0 Å². The Morgan fingerprint density at radius 3 is 2.35 bits per heavy atom. The van der Waals surface area contributed by atoms with E-state index in [0.29, 0.717) is 0 Å².